The Labute approximate surface area is 516 Å². The molecule has 0 fully saturated rings. The summed E-state index contributed by atoms with van der Waals surface area (Å²) in [4.78, 5) is 153. The molecule has 0 aromatic carbocycles. The van der Waals surface area contributed by atoms with E-state index in [1.807, 2.05) is 23.9 Å². The molecule has 0 heterocycles. The van der Waals surface area contributed by atoms with Crippen LogP contribution in [0.2, 0.25) is 0 Å². The first-order valence-electron chi connectivity index (χ1n) is 30.0. The van der Waals surface area contributed by atoms with Crippen LogP contribution in [0.4, 0.5) is 0 Å². The first kappa shape index (κ1) is 79.5. The average Bonchev–Trinajstić information content (AvgIpc) is 3.62. The minimum absolute atomic E-state index is 0.00260. The topological polar surface area (TPSA) is 219 Å². The predicted molar refractivity (Wildman–Crippen MR) is 339 cm³/mol. The number of rotatable bonds is 48. The highest BCUT2D eigenvalue weighted by molar-refractivity contribution is 5.88. The van der Waals surface area contributed by atoms with Crippen molar-refractivity contribution in [3.8, 4) is 0 Å². The molecule has 0 rings (SSSR count). The predicted octanol–water partition coefficient (Wildman–Crippen LogP) is -0.165. The third-order valence-corrected chi connectivity index (χ3v) is 15.5. The Balaban J connectivity index is 5.10. The lowest BCUT2D eigenvalue weighted by Crippen LogP contribution is -2.42. The van der Waals surface area contributed by atoms with Crippen molar-refractivity contribution in [3.63, 3.8) is 0 Å². The third-order valence-electron chi connectivity index (χ3n) is 15.5. The Kier molecular flexibility index (Phi) is 41.4. The van der Waals surface area contributed by atoms with Gasteiger partial charge in [0, 0.05) is 227 Å². The van der Waals surface area contributed by atoms with Crippen molar-refractivity contribution >= 4 is 59.1 Å². The standard InChI is InChI=1S/C61H111N15O10/c1-18-52(77)65(8)40-44-69(12)58(83)26-36-75(37-27-59(84)70(13)45-41-66(9)53(78)19-2)50-48-73(16)56(81)24-34-63(6)32-22-30-62(5)31-23-33-64(7)35-25-57(82)74(17)49-51-76(38-28-60(85)71(14)46-42-67(10)54(79)20-3)39-29-61(86)72(15)47-43-68(11)55(80)21-4/h18-21H,1-4,22-51H2,5-17H3. The van der Waals surface area contributed by atoms with Gasteiger partial charge in [0.05, 0.1) is 0 Å². The minimum atomic E-state index is -0.228. The number of amides is 10. The summed E-state index contributed by atoms with van der Waals surface area (Å²) < 4.78 is 0. The fraction of sp³-hybridized carbons (Fsp3) is 0.705. The molecule has 0 saturated heterocycles. The summed E-state index contributed by atoms with van der Waals surface area (Å²) in [5.41, 5.74) is 0. The zero-order chi connectivity index (χ0) is 65.5. The number of likely N-dealkylation sites (N-methyl/N-ethyl adjacent to an activating group) is 10. The molecule has 0 aromatic heterocycles. The van der Waals surface area contributed by atoms with Gasteiger partial charge in [-0.25, -0.2) is 0 Å². The van der Waals surface area contributed by atoms with Gasteiger partial charge >= 0.3 is 0 Å². The second-order valence-electron chi connectivity index (χ2n) is 22.5. The first-order chi connectivity index (χ1) is 40.5. The lowest BCUT2D eigenvalue weighted by Gasteiger charge is -2.28. The van der Waals surface area contributed by atoms with Crippen LogP contribution in [0.3, 0.4) is 0 Å². The van der Waals surface area contributed by atoms with Gasteiger partial charge in [-0.15, -0.1) is 0 Å². The highest BCUT2D eigenvalue weighted by atomic mass is 16.2. The molecule has 0 bridgehead atoms. The van der Waals surface area contributed by atoms with Gasteiger partial charge in [-0.2, -0.15) is 0 Å². The van der Waals surface area contributed by atoms with Crippen LogP contribution in [0.15, 0.2) is 50.6 Å². The van der Waals surface area contributed by atoms with Crippen molar-refractivity contribution in [2.24, 2.45) is 0 Å². The molecule has 0 spiro atoms. The molecule has 25 heteroatoms. The van der Waals surface area contributed by atoms with Crippen molar-refractivity contribution in [3.05, 3.63) is 50.6 Å². The third kappa shape index (κ3) is 35.2. The first-order valence-corrected chi connectivity index (χ1v) is 30.0. The van der Waals surface area contributed by atoms with E-state index in [2.05, 4.69) is 48.1 Å². The Morgan fingerprint density at radius 1 is 0.221 bits per heavy atom. The molecule has 0 aliphatic rings. The van der Waals surface area contributed by atoms with Gasteiger partial charge in [0.2, 0.25) is 59.1 Å². The molecule has 86 heavy (non-hydrogen) atoms. The van der Waals surface area contributed by atoms with Crippen LogP contribution in [-0.2, 0) is 47.9 Å². The maximum atomic E-state index is 13.3. The summed E-state index contributed by atoms with van der Waals surface area (Å²) in [6, 6.07) is 0. The Hall–Kier alpha value is -6.54. The van der Waals surface area contributed by atoms with E-state index in [0.29, 0.717) is 131 Å². The highest BCUT2D eigenvalue weighted by Crippen LogP contribution is 2.07. The zero-order valence-electron chi connectivity index (χ0n) is 55.1. The summed E-state index contributed by atoms with van der Waals surface area (Å²) >= 11 is 0. The molecule has 10 amide bonds. The van der Waals surface area contributed by atoms with E-state index in [1.165, 1.54) is 43.9 Å². The summed E-state index contributed by atoms with van der Waals surface area (Å²) in [7, 11) is 23.0. The fourth-order valence-corrected chi connectivity index (χ4v) is 8.56. The largest absolute Gasteiger partial charge is 0.344 e. The maximum absolute atomic E-state index is 13.3. The second-order valence-corrected chi connectivity index (χ2v) is 22.5. The SMILES string of the molecule is C=CC(=O)N(C)CCN(C)C(=O)CCN(CCC(=O)N(C)CCN(C)C(=O)C=C)CCN(C)C(=O)CCN(C)CCCN(C)CCCN(C)CCC(=O)N(C)CCN(CCC(=O)N(C)CCN(C)C(=O)C=C)CCC(=O)N(C)CCN(C)C(=O)C=C. The van der Waals surface area contributed by atoms with Crippen LogP contribution < -0.4 is 0 Å². The van der Waals surface area contributed by atoms with Crippen molar-refractivity contribution < 1.29 is 47.9 Å². The van der Waals surface area contributed by atoms with Crippen LogP contribution in [0.5, 0.6) is 0 Å². The molecule has 0 saturated carbocycles. The molecule has 0 unspecified atom stereocenters. The molecule has 0 radical (unpaired) electrons. The normalized spacial score (nSPS) is 11.1. The number of carbonyl (C=O) groups is 10. The molecular weight excluding hydrogens is 1100 g/mol. The van der Waals surface area contributed by atoms with Crippen molar-refractivity contribution in [1.29, 1.82) is 0 Å². The Morgan fingerprint density at radius 2 is 0.384 bits per heavy atom. The van der Waals surface area contributed by atoms with Crippen molar-refractivity contribution in [2.45, 2.75) is 51.4 Å². The van der Waals surface area contributed by atoms with Gasteiger partial charge in [-0.05, 0) is 84.5 Å². The quantitative estimate of drug-likeness (QED) is 0.0723. The molecular formula is C61H111N15O10. The second kappa shape index (κ2) is 44.8. The number of hydrogen-bond donors (Lipinski definition) is 0. The highest BCUT2D eigenvalue weighted by Gasteiger charge is 2.21. The number of hydrogen-bond acceptors (Lipinski definition) is 15. The summed E-state index contributed by atoms with van der Waals surface area (Å²) in [5, 5.41) is 0. The molecule has 0 aromatic rings. The van der Waals surface area contributed by atoms with Crippen LogP contribution in [0.25, 0.3) is 0 Å². The summed E-state index contributed by atoms with van der Waals surface area (Å²) in [5.74, 6) is -1.33. The van der Waals surface area contributed by atoms with Crippen LogP contribution in [-0.4, -0.2) is 368 Å². The fourth-order valence-electron chi connectivity index (χ4n) is 8.56. The Morgan fingerprint density at radius 3 is 0.581 bits per heavy atom. The van der Waals surface area contributed by atoms with Gasteiger partial charge in [0.25, 0.3) is 0 Å². The van der Waals surface area contributed by atoms with E-state index in [0.717, 1.165) is 39.0 Å². The van der Waals surface area contributed by atoms with E-state index in [4.69, 9.17) is 0 Å². The number of nitrogens with zero attached hydrogens (tertiary/aromatic N) is 15. The summed E-state index contributed by atoms with van der Waals surface area (Å²) in [6.07, 6.45) is 8.22. The van der Waals surface area contributed by atoms with Gasteiger partial charge in [0.15, 0.2) is 0 Å². The zero-order valence-corrected chi connectivity index (χ0v) is 55.1. The Bertz CT molecular complexity index is 1920. The summed E-state index contributed by atoms with van der Waals surface area (Å²) in [6.45, 7) is 24.7. The molecule has 0 aliphatic heterocycles. The lowest BCUT2D eigenvalue weighted by atomic mass is 10.2. The van der Waals surface area contributed by atoms with E-state index >= 15 is 0 Å². The van der Waals surface area contributed by atoms with E-state index in [1.54, 1.807) is 99.9 Å². The van der Waals surface area contributed by atoms with Crippen molar-refractivity contribution in [2.75, 3.05) is 236 Å². The maximum Gasteiger partial charge on any atom is 0.245 e. The van der Waals surface area contributed by atoms with Gasteiger partial charge < -0.3 is 73.5 Å². The van der Waals surface area contributed by atoms with E-state index in [9.17, 15) is 47.9 Å². The van der Waals surface area contributed by atoms with E-state index < -0.39 is 0 Å². The average molecular weight is 1210 g/mol. The van der Waals surface area contributed by atoms with E-state index in [-0.39, 0.29) is 84.8 Å². The molecule has 25 nitrogen and oxygen atoms in total. The lowest BCUT2D eigenvalue weighted by molar-refractivity contribution is -0.133. The van der Waals surface area contributed by atoms with Crippen LogP contribution in [0.1, 0.15) is 51.4 Å². The van der Waals surface area contributed by atoms with Gasteiger partial charge in [-0.1, -0.05) is 26.3 Å². The van der Waals surface area contributed by atoms with Gasteiger partial charge in [0.1, 0.15) is 0 Å². The molecule has 490 valence electrons. The molecule has 0 N–H and O–H groups in total. The monoisotopic (exact) mass is 1210 g/mol. The minimum Gasteiger partial charge on any atom is -0.344 e. The van der Waals surface area contributed by atoms with Crippen molar-refractivity contribution in [1.82, 2.24) is 73.5 Å². The van der Waals surface area contributed by atoms with Crippen LogP contribution in [0, 0.1) is 0 Å². The van der Waals surface area contributed by atoms with Gasteiger partial charge in [-0.3, -0.25) is 47.9 Å². The molecule has 0 atom stereocenters. The number of carbonyl (C=O) groups excluding carboxylic acids is 10. The van der Waals surface area contributed by atoms with Crippen LogP contribution >= 0.6 is 0 Å². The molecule has 0 aliphatic carbocycles. The smallest absolute Gasteiger partial charge is 0.245 e.